The van der Waals surface area contributed by atoms with Crippen LogP contribution in [0.25, 0.3) is 0 Å². The molecule has 6 unspecified atom stereocenters. The fourth-order valence-electron chi connectivity index (χ4n) is 11.4. The van der Waals surface area contributed by atoms with Gasteiger partial charge in [0.1, 0.15) is 12.8 Å². The second-order valence-corrected chi connectivity index (χ2v) is 24.0. The van der Waals surface area contributed by atoms with Crippen molar-refractivity contribution in [2.45, 2.75) is 82.5 Å². The van der Waals surface area contributed by atoms with Gasteiger partial charge in [-0.05, 0) is 20.8 Å². The third kappa shape index (κ3) is 37.0. The van der Waals surface area contributed by atoms with Crippen molar-refractivity contribution < 1.29 is 22.3 Å². The first-order chi connectivity index (χ1) is 48.2. The Hall–Kier alpha value is -8.62. The SMILES string of the molecule is C#CC(C#N)N1CCN(C(C#N)C#N)CC1.C#CCN1CCN(CC#N)C(C)C1.C#CCN1CCN(CC#N)C(C)C1C.C#CCN1CCN(CC#N)C(F)C1.C#CCN1CCN(CC#N)C(OCC(F)(F)F)C1.C#CCN1CCN(CC#N)CC1.N#CCCN1CCN(CCC#N)CC1. The van der Waals surface area contributed by atoms with Gasteiger partial charge in [-0.1, -0.05) is 35.5 Å². The van der Waals surface area contributed by atoms with Crippen molar-refractivity contribution in [1.29, 1.82) is 52.6 Å². The predicted molar refractivity (Wildman–Crippen MR) is 371 cm³/mol. The summed E-state index contributed by atoms with van der Waals surface area (Å²) in [6.07, 6.45) is 26.3. The Bertz CT molecular complexity index is 2860. The number of halogens is 4. The van der Waals surface area contributed by atoms with Crippen LogP contribution in [0.3, 0.4) is 0 Å². The van der Waals surface area contributed by atoms with E-state index in [2.05, 4.69) is 126 Å². The van der Waals surface area contributed by atoms with E-state index in [-0.39, 0.29) is 19.6 Å². The first kappa shape index (κ1) is 89.4. The lowest BCUT2D eigenvalue weighted by Crippen LogP contribution is -2.57. The van der Waals surface area contributed by atoms with Crippen LogP contribution < -0.4 is 0 Å². The van der Waals surface area contributed by atoms with Crippen molar-refractivity contribution in [2.24, 2.45) is 0 Å². The molecule has 7 saturated heterocycles. The van der Waals surface area contributed by atoms with Crippen LogP contribution in [0.15, 0.2) is 0 Å². The lowest BCUT2D eigenvalue weighted by molar-refractivity contribution is -0.209. The van der Waals surface area contributed by atoms with Crippen LogP contribution in [0.2, 0.25) is 0 Å². The molecule has 0 spiro atoms. The first-order valence-corrected chi connectivity index (χ1v) is 33.2. The van der Waals surface area contributed by atoms with E-state index in [4.69, 9.17) is 95.9 Å². The molecular formula is C71H98F4N24O. The average Bonchev–Trinajstić information content (AvgIpc) is 0.856. The molecule has 7 heterocycles. The standard InChI is InChI=1S/C11H14F3N3O.C11H11N5.C11H17N3.C10H16N4.C10H15N3.C9H12FN3.C9H13N3/c1-2-4-16-6-7-17(5-3-15)10(8-16)18-9-11(12,13)14;1-2-10(7-12)15-3-5-16(6-4-15)11(8-13)9-14;1-4-6-13-8-9-14(7-5-12)11(3)10(13)2;11-3-1-5-13-7-9-14(10-8-13)6-2-4-12;1-3-5-12-7-8-13(6-4-11)10(2)9-12;1-2-4-12-6-7-13(5-3-11)9(10)8-12;1-2-4-11-6-8-12(5-3-10)9-7-11/h1,10H,4-9H2;1,10-11H,3-6H2;1,10-11H,6-9H2,2-3H3;1-2,5-10H2;1,10H,5-9H2,2H3;1,9H,4-8H2;1H,4-9H2. The molecule has 100 heavy (non-hydrogen) atoms. The van der Waals surface area contributed by atoms with E-state index < -0.39 is 37.4 Å². The Morgan fingerprint density at radius 3 is 1.11 bits per heavy atom. The number of nitriles is 10. The molecule has 0 N–H and O–H groups in total. The first-order valence-electron chi connectivity index (χ1n) is 33.2. The monoisotopic (exact) mass is 1380 g/mol. The van der Waals surface area contributed by atoms with Gasteiger partial charge >= 0.3 is 6.18 Å². The Labute approximate surface area is 594 Å². The second kappa shape index (κ2) is 54.2. The van der Waals surface area contributed by atoms with Gasteiger partial charge in [-0.25, -0.2) is 4.39 Å². The number of ether oxygens (including phenoxy) is 1. The zero-order chi connectivity index (χ0) is 74.5. The van der Waals surface area contributed by atoms with E-state index in [0.717, 1.165) is 118 Å². The van der Waals surface area contributed by atoms with E-state index >= 15 is 0 Å². The number of alkyl halides is 4. The van der Waals surface area contributed by atoms with E-state index in [1.54, 1.807) is 9.80 Å². The van der Waals surface area contributed by atoms with E-state index in [9.17, 15) is 17.6 Å². The van der Waals surface area contributed by atoms with Crippen molar-refractivity contribution in [1.82, 2.24) is 68.6 Å². The maximum atomic E-state index is 13.3. The molecule has 0 aliphatic carbocycles. The topological polar surface area (TPSA) is 292 Å². The minimum atomic E-state index is -4.37. The fraction of sp³-hybridized carbons (Fsp3) is 0.690. The minimum absolute atomic E-state index is 0.0480. The molecule has 0 saturated carbocycles. The molecule has 0 aromatic carbocycles. The molecule has 6 atom stereocenters. The molecule has 7 fully saturated rings. The lowest BCUT2D eigenvalue weighted by atomic mass is 10.1. The number of terminal acetylenes is 6. The summed E-state index contributed by atoms with van der Waals surface area (Å²) in [5, 5.41) is 85.8. The van der Waals surface area contributed by atoms with Crippen LogP contribution >= 0.6 is 0 Å². The van der Waals surface area contributed by atoms with Crippen LogP contribution in [0.4, 0.5) is 17.6 Å². The molecule has 0 radical (unpaired) electrons. The van der Waals surface area contributed by atoms with Crippen molar-refractivity contribution in [2.75, 3.05) is 236 Å². The normalized spacial score (nSPS) is 22.7. The van der Waals surface area contributed by atoms with Gasteiger partial charge in [0.2, 0.25) is 0 Å². The van der Waals surface area contributed by atoms with Gasteiger partial charge in [-0.2, -0.15) is 65.8 Å². The highest BCUT2D eigenvalue weighted by molar-refractivity contribution is 5.14. The molecule has 0 aromatic rings. The molecule has 7 aliphatic heterocycles. The Kier molecular flexibility index (Phi) is 48.5. The van der Waals surface area contributed by atoms with Crippen LogP contribution in [-0.2, 0) is 4.74 Å². The van der Waals surface area contributed by atoms with Crippen molar-refractivity contribution >= 4 is 0 Å². The Morgan fingerprint density at radius 1 is 0.370 bits per heavy atom. The van der Waals surface area contributed by atoms with Gasteiger partial charge in [0.25, 0.3) is 0 Å². The second-order valence-electron chi connectivity index (χ2n) is 24.0. The summed E-state index contributed by atoms with van der Waals surface area (Å²) in [6, 6.07) is 20.7. The highest BCUT2D eigenvalue weighted by Gasteiger charge is 2.35. The van der Waals surface area contributed by atoms with Crippen LogP contribution in [0.1, 0.15) is 33.6 Å². The number of hydrogen-bond donors (Lipinski definition) is 0. The van der Waals surface area contributed by atoms with E-state index in [1.807, 2.05) is 45.0 Å². The highest BCUT2D eigenvalue weighted by Crippen LogP contribution is 2.20. The average molecular weight is 1380 g/mol. The van der Waals surface area contributed by atoms with E-state index in [1.165, 1.54) is 4.90 Å². The smallest absolute Gasteiger partial charge is 0.352 e. The Morgan fingerprint density at radius 2 is 0.710 bits per heavy atom. The summed E-state index contributed by atoms with van der Waals surface area (Å²) in [4.78, 5) is 28.4. The minimum Gasteiger partial charge on any atom is -0.352 e. The lowest BCUT2D eigenvalue weighted by Gasteiger charge is -2.43. The number of piperazine rings is 7. The third-order valence-electron chi connectivity index (χ3n) is 17.4. The molecule has 25 nitrogen and oxygen atoms in total. The summed E-state index contributed by atoms with van der Waals surface area (Å²) in [6.45, 7) is 30.1. The molecule has 7 rings (SSSR count). The molecule has 0 bridgehead atoms. The quantitative estimate of drug-likeness (QED) is 0.0805. The van der Waals surface area contributed by atoms with Gasteiger partial charge in [0, 0.05) is 195 Å². The fourth-order valence-corrected chi connectivity index (χ4v) is 11.4. The van der Waals surface area contributed by atoms with Crippen LogP contribution in [0.5, 0.6) is 0 Å². The van der Waals surface area contributed by atoms with Crippen molar-refractivity contribution in [3.05, 3.63) is 0 Å². The largest absolute Gasteiger partial charge is 0.411 e. The van der Waals surface area contributed by atoms with Gasteiger partial charge in [0.15, 0.2) is 18.4 Å². The zero-order valence-electron chi connectivity index (χ0n) is 58.5. The summed E-state index contributed by atoms with van der Waals surface area (Å²) >= 11 is 0. The van der Waals surface area contributed by atoms with Crippen LogP contribution in [0, 0.1) is 187 Å². The van der Waals surface area contributed by atoms with Gasteiger partial charge in [-0.15, -0.1) is 38.5 Å². The molecule has 0 amide bonds. The number of nitrogens with zero attached hydrogens (tertiary/aromatic N) is 24. The highest BCUT2D eigenvalue weighted by atomic mass is 19.4. The number of hydrogen-bond acceptors (Lipinski definition) is 25. The summed E-state index contributed by atoms with van der Waals surface area (Å²) in [7, 11) is 0. The van der Waals surface area contributed by atoms with Crippen molar-refractivity contribution in [3.8, 4) is 135 Å². The summed E-state index contributed by atoms with van der Waals surface area (Å²) < 4.78 is 54.4. The maximum absolute atomic E-state index is 13.3. The number of rotatable bonds is 18. The third-order valence-corrected chi connectivity index (χ3v) is 17.4. The summed E-state index contributed by atoms with van der Waals surface area (Å²) in [5.74, 6) is 15.3. The van der Waals surface area contributed by atoms with Gasteiger partial charge in [0.05, 0.1) is 126 Å². The van der Waals surface area contributed by atoms with Gasteiger partial charge in [-0.3, -0.25) is 68.6 Å². The van der Waals surface area contributed by atoms with E-state index in [0.29, 0.717) is 123 Å². The summed E-state index contributed by atoms with van der Waals surface area (Å²) in [5.41, 5.74) is 0. The molecule has 29 heteroatoms. The van der Waals surface area contributed by atoms with Gasteiger partial charge < -0.3 is 4.74 Å². The Balaban J connectivity index is 0.000000585. The molecule has 7 aliphatic rings. The predicted octanol–water partition coefficient (Wildman–Crippen LogP) is 1.15. The van der Waals surface area contributed by atoms with Crippen LogP contribution in [-0.4, -0.2) is 353 Å². The zero-order valence-corrected chi connectivity index (χ0v) is 58.5. The van der Waals surface area contributed by atoms with Crippen molar-refractivity contribution in [3.63, 3.8) is 0 Å². The molecule has 0 aromatic heterocycles. The molecular weight excluding hydrogens is 1280 g/mol. The maximum Gasteiger partial charge on any atom is 0.411 e. The molecule has 536 valence electrons.